The first-order valence-electron chi connectivity index (χ1n) is 9.35. The lowest BCUT2D eigenvalue weighted by Gasteiger charge is -2.15. The summed E-state index contributed by atoms with van der Waals surface area (Å²) in [6.07, 6.45) is -0.353. The van der Waals surface area contributed by atoms with Gasteiger partial charge in [-0.2, -0.15) is 0 Å². The fourth-order valence-corrected chi connectivity index (χ4v) is 2.79. The minimum absolute atomic E-state index is 0.0995. The number of azide groups is 1. The topological polar surface area (TPSA) is 144 Å². The van der Waals surface area contributed by atoms with E-state index in [-0.39, 0.29) is 24.8 Å². The molecule has 0 spiro atoms. The third-order valence-electron chi connectivity index (χ3n) is 4.50. The van der Waals surface area contributed by atoms with Crippen LogP contribution in [0.1, 0.15) is 40.7 Å². The molecular formula is C21H23N5O4. The van der Waals surface area contributed by atoms with E-state index in [4.69, 9.17) is 10.6 Å². The van der Waals surface area contributed by atoms with Crippen LogP contribution in [0.2, 0.25) is 0 Å². The van der Waals surface area contributed by atoms with Gasteiger partial charge in [0.25, 0.3) is 5.91 Å². The molecule has 0 bridgehead atoms. The Bertz CT molecular complexity index is 920. The molecule has 0 saturated heterocycles. The third-order valence-corrected chi connectivity index (χ3v) is 4.50. The molecule has 3 N–H and O–H groups in total. The SMILES string of the molecule is CC(C(=O)NCc1ccc(C(=O)N[C@H](CN=[N+]=[N-])CC(=O)O)cc1)c1ccccc1. The lowest BCUT2D eigenvalue weighted by molar-refractivity contribution is -0.137. The van der Waals surface area contributed by atoms with E-state index in [0.717, 1.165) is 11.1 Å². The number of benzene rings is 2. The van der Waals surface area contributed by atoms with Gasteiger partial charge in [-0.05, 0) is 35.7 Å². The highest BCUT2D eigenvalue weighted by atomic mass is 16.4. The first-order valence-corrected chi connectivity index (χ1v) is 9.35. The molecule has 2 amide bonds. The maximum atomic E-state index is 12.3. The van der Waals surface area contributed by atoms with E-state index in [9.17, 15) is 14.4 Å². The van der Waals surface area contributed by atoms with Gasteiger partial charge in [-0.1, -0.05) is 47.6 Å². The smallest absolute Gasteiger partial charge is 0.305 e. The van der Waals surface area contributed by atoms with Crippen LogP contribution >= 0.6 is 0 Å². The van der Waals surface area contributed by atoms with Crippen molar-refractivity contribution in [1.29, 1.82) is 0 Å². The molecular weight excluding hydrogens is 386 g/mol. The van der Waals surface area contributed by atoms with E-state index >= 15 is 0 Å². The van der Waals surface area contributed by atoms with E-state index in [1.807, 2.05) is 37.3 Å². The maximum absolute atomic E-state index is 12.3. The van der Waals surface area contributed by atoms with Crippen LogP contribution in [-0.4, -0.2) is 35.5 Å². The summed E-state index contributed by atoms with van der Waals surface area (Å²) in [5.41, 5.74) is 10.5. The summed E-state index contributed by atoms with van der Waals surface area (Å²) in [5, 5.41) is 17.6. The van der Waals surface area contributed by atoms with Crippen LogP contribution in [0.15, 0.2) is 59.7 Å². The average molecular weight is 409 g/mol. The van der Waals surface area contributed by atoms with Crippen molar-refractivity contribution in [1.82, 2.24) is 10.6 Å². The lowest BCUT2D eigenvalue weighted by atomic mass is 10.0. The van der Waals surface area contributed by atoms with Crippen molar-refractivity contribution in [3.8, 4) is 0 Å². The van der Waals surface area contributed by atoms with Crippen LogP contribution in [0.5, 0.6) is 0 Å². The van der Waals surface area contributed by atoms with Gasteiger partial charge in [0.2, 0.25) is 5.91 Å². The second-order valence-corrected chi connectivity index (χ2v) is 6.73. The summed E-state index contributed by atoms with van der Waals surface area (Å²) in [7, 11) is 0. The number of carbonyl (C=O) groups is 3. The van der Waals surface area contributed by atoms with Crippen molar-refractivity contribution in [2.45, 2.75) is 31.8 Å². The van der Waals surface area contributed by atoms with Crippen molar-refractivity contribution in [3.05, 3.63) is 81.7 Å². The fraction of sp³-hybridized carbons (Fsp3) is 0.286. The standard InChI is InChI=1S/C21H23N5O4/c1-14(16-5-3-2-4-6-16)20(29)23-12-15-7-9-17(10-8-15)21(30)25-18(11-19(27)28)13-24-26-22/h2-10,14,18H,11-13H2,1H3,(H,23,29)(H,25,30)(H,27,28)/t14?,18-/m0/s1. The Labute approximate surface area is 173 Å². The molecule has 2 aromatic carbocycles. The number of hydrogen-bond acceptors (Lipinski definition) is 4. The number of carbonyl (C=O) groups excluding carboxylic acids is 2. The van der Waals surface area contributed by atoms with Crippen molar-refractivity contribution in [3.63, 3.8) is 0 Å². The van der Waals surface area contributed by atoms with Gasteiger partial charge in [-0.25, -0.2) is 0 Å². The van der Waals surface area contributed by atoms with Crippen LogP contribution in [-0.2, 0) is 16.1 Å². The largest absolute Gasteiger partial charge is 0.481 e. The number of aliphatic carboxylic acids is 1. The van der Waals surface area contributed by atoms with Crippen LogP contribution in [0.4, 0.5) is 0 Å². The predicted octanol–water partition coefficient (Wildman–Crippen LogP) is 2.99. The number of rotatable bonds is 10. The summed E-state index contributed by atoms with van der Waals surface area (Å²) in [6, 6.07) is 15.3. The Hall–Kier alpha value is -3.84. The Morgan fingerprint density at radius 3 is 2.37 bits per heavy atom. The predicted molar refractivity (Wildman–Crippen MR) is 111 cm³/mol. The Morgan fingerprint density at radius 1 is 1.10 bits per heavy atom. The molecule has 2 aromatic rings. The number of nitrogens with zero attached hydrogens (tertiary/aromatic N) is 3. The van der Waals surface area contributed by atoms with Gasteiger partial charge in [-0.15, -0.1) is 0 Å². The monoisotopic (exact) mass is 409 g/mol. The second kappa shape index (κ2) is 11.2. The highest BCUT2D eigenvalue weighted by Crippen LogP contribution is 2.15. The molecule has 2 rings (SSSR count). The summed E-state index contributed by atoms with van der Waals surface area (Å²) in [6.45, 7) is 2.00. The van der Waals surface area contributed by atoms with Gasteiger partial charge in [0.15, 0.2) is 0 Å². The molecule has 0 aromatic heterocycles. The maximum Gasteiger partial charge on any atom is 0.305 e. The quantitative estimate of drug-likeness (QED) is 0.315. The number of carboxylic acids is 1. The van der Waals surface area contributed by atoms with Crippen LogP contribution in [0.25, 0.3) is 10.4 Å². The molecule has 0 aliphatic rings. The number of amides is 2. The molecule has 0 saturated carbocycles. The van der Waals surface area contributed by atoms with E-state index < -0.39 is 17.9 Å². The molecule has 1 unspecified atom stereocenters. The molecule has 0 aliphatic heterocycles. The normalized spacial score (nSPS) is 12.2. The highest BCUT2D eigenvalue weighted by Gasteiger charge is 2.17. The van der Waals surface area contributed by atoms with Gasteiger partial charge in [-0.3, -0.25) is 14.4 Å². The fourth-order valence-electron chi connectivity index (χ4n) is 2.79. The first-order chi connectivity index (χ1) is 14.4. The van der Waals surface area contributed by atoms with Crippen molar-refractivity contribution < 1.29 is 19.5 Å². The zero-order valence-electron chi connectivity index (χ0n) is 16.5. The zero-order valence-corrected chi connectivity index (χ0v) is 16.5. The molecule has 0 heterocycles. The van der Waals surface area contributed by atoms with Crippen LogP contribution in [0.3, 0.4) is 0 Å². The minimum Gasteiger partial charge on any atom is -0.481 e. The van der Waals surface area contributed by atoms with E-state index in [1.165, 1.54) is 0 Å². The van der Waals surface area contributed by atoms with Gasteiger partial charge in [0, 0.05) is 29.6 Å². The summed E-state index contributed by atoms with van der Waals surface area (Å²) in [4.78, 5) is 38.1. The summed E-state index contributed by atoms with van der Waals surface area (Å²) >= 11 is 0. The number of hydrogen-bond donors (Lipinski definition) is 3. The van der Waals surface area contributed by atoms with Crippen molar-refractivity contribution in [2.75, 3.05) is 6.54 Å². The number of carboxylic acid groups (broad SMARTS) is 1. The molecule has 30 heavy (non-hydrogen) atoms. The summed E-state index contributed by atoms with van der Waals surface area (Å²) < 4.78 is 0. The van der Waals surface area contributed by atoms with E-state index in [1.54, 1.807) is 24.3 Å². The molecule has 0 aliphatic carbocycles. The van der Waals surface area contributed by atoms with Crippen LogP contribution in [0, 0.1) is 0 Å². The minimum atomic E-state index is -1.11. The molecule has 156 valence electrons. The van der Waals surface area contributed by atoms with Crippen molar-refractivity contribution >= 4 is 17.8 Å². The highest BCUT2D eigenvalue weighted by molar-refractivity contribution is 5.94. The van der Waals surface area contributed by atoms with Gasteiger partial charge in [0.05, 0.1) is 12.3 Å². The third kappa shape index (κ3) is 6.96. The molecule has 0 radical (unpaired) electrons. The number of nitrogens with one attached hydrogen (secondary N) is 2. The Morgan fingerprint density at radius 2 is 1.77 bits per heavy atom. The van der Waals surface area contributed by atoms with Crippen molar-refractivity contribution in [2.24, 2.45) is 5.11 Å². The molecule has 2 atom stereocenters. The van der Waals surface area contributed by atoms with Gasteiger partial charge in [0.1, 0.15) is 0 Å². The molecule has 9 nitrogen and oxygen atoms in total. The Balaban J connectivity index is 1.92. The molecule has 9 heteroatoms. The second-order valence-electron chi connectivity index (χ2n) is 6.73. The first kappa shape index (κ1) is 22.4. The Kier molecular flexibility index (Phi) is 8.40. The zero-order chi connectivity index (χ0) is 21.9. The van der Waals surface area contributed by atoms with Gasteiger partial charge >= 0.3 is 5.97 Å². The van der Waals surface area contributed by atoms with Gasteiger partial charge < -0.3 is 15.7 Å². The van der Waals surface area contributed by atoms with E-state index in [0.29, 0.717) is 12.1 Å². The average Bonchev–Trinajstić information content (AvgIpc) is 2.75. The molecule has 0 fully saturated rings. The lowest BCUT2D eigenvalue weighted by Crippen LogP contribution is -2.38. The van der Waals surface area contributed by atoms with E-state index in [2.05, 4.69) is 20.7 Å². The summed E-state index contributed by atoms with van der Waals surface area (Å²) in [5.74, 6) is -1.96. The van der Waals surface area contributed by atoms with Crippen LogP contribution < -0.4 is 10.6 Å².